The first kappa shape index (κ1) is 19.7. The van der Waals surface area contributed by atoms with Crippen molar-refractivity contribution in [2.24, 2.45) is 0 Å². The first-order chi connectivity index (χ1) is 15.3. The van der Waals surface area contributed by atoms with Gasteiger partial charge in [0, 0.05) is 43.9 Å². The minimum absolute atomic E-state index is 0.0588. The molecule has 0 radical (unpaired) electrons. The van der Waals surface area contributed by atoms with Gasteiger partial charge in [-0.25, -0.2) is 4.68 Å². The zero-order chi connectivity index (χ0) is 21.0. The minimum Gasteiger partial charge on any atom is -0.314 e. The summed E-state index contributed by atoms with van der Waals surface area (Å²) in [5.74, 6) is 0. The van der Waals surface area contributed by atoms with E-state index in [1.165, 1.54) is 16.3 Å². The molecule has 0 spiro atoms. The molecule has 156 valence electrons. The van der Waals surface area contributed by atoms with Gasteiger partial charge in [0.25, 0.3) is 5.56 Å². The van der Waals surface area contributed by atoms with Crippen LogP contribution in [-0.2, 0) is 6.54 Å². The fraction of sp³-hybridized carbons (Fsp3) is 0.231. The topological polar surface area (TPSA) is 50.2 Å². The van der Waals surface area contributed by atoms with E-state index >= 15 is 0 Å². The molecule has 5 rings (SSSR count). The highest BCUT2D eigenvalue weighted by Gasteiger charge is 2.25. The number of hydrogen-bond donors (Lipinski definition) is 1. The van der Waals surface area contributed by atoms with E-state index in [0.717, 1.165) is 37.4 Å². The van der Waals surface area contributed by atoms with Crippen LogP contribution in [0.1, 0.15) is 11.6 Å². The number of hydrogen-bond acceptors (Lipinski definition) is 4. The van der Waals surface area contributed by atoms with Crippen molar-refractivity contribution >= 4 is 10.8 Å². The molecule has 0 amide bonds. The van der Waals surface area contributed by atoms with Gasteiger partial charge in [-0.05, 0) is 22.4 Å². The van der Waals surface area contributed by atoms with E-state index in [-0.39, 0.29) is 11.6 Å². The molecule has 0 saturated carbocycles. The van der Waals surface area contributed by atoms with E-state index in [1.807, 2.05) is 30.3 Å². The molecule has 0 aliphatic carbocycles. The second-order valence-electron chi connectivity index (χ2n) is 7.97. The summed E-state index contributed by atoms with van der Waals surface area (Å²) < 4.78 is 1.60. The van der Waals surface area contributed by atoms with Crippen LogP contribution in [0.15, 0.2) is 89.7 Å². The quantitative estimate of drug-likeness (QED) is 0.545. The Morgan fingerprint density at radius 2 is 1.68 bits per heavy atom. The molecular weight excluding hydrogens is 384 g/mol. The number of fused-ring (bicyclic) bond motifs is 1. The lowest BCUT2D eigenvalue weighted by atomic mass is 9.96. The van der Waals surface area contributed by atoms with E-state index in [9.17, 15) is 4.79 Å². The molecule has 1 unspecified atom stereocenters. The molecule has 1 fully saturated rings. The normalized spacial score (nSPS) is 17.1. The van der Waals surface area contributed by atoms with Gasteiger partial charge in [-0.3, -0.25) is 9.69 Å². The van der Waals surface area contributed by atoms with Crippen LogP contribution < -0.4 is 10.9 Å². The maximum atomic E-state index is 12.5. The molecule has 1 atom stereocenters. The molecule has 1 N–H and O–H groups in total. The number of nitrogens with one attached hydrogen (secondary N) is 1. The van der Waals surface area contributed by atoms with Crippen LogP contribution in [0.5, 0.6) is 0 Å². The van der Waals surface area contributed by atoms with Gasteiger partial charge < -0.3 is 5.32 Å². The highest BCUT2D eigenvalue weighted by atomic mass is 16.1. The maximum Gasteiger partial charge on any atom is 0.266 e. The molecule has 1 aliphatic rings. The summed E-state index contributed by atoms with van der Waals surface area (Å²) in [6.45, 7) is 4.15. The zero-order valence-corrected chi connectivity index (χ0v) is 17.4. The first-order valence-electron chi connectivity index (χ1n) is 10.9. The Kier molecular flexibility index (Phi) is 5.61. The van der Waals surface area contributed by atoms with Gasteiger partial charge in [-0.2, -0.15) is 5.10 Å². The summed E-state index contributed by atoms with van der Waals surface area (Å²) in [4.78, 5) is 14.9. The van der Waals surface area contributed by atoms with Crippen molar-refractivity contribution in [2.75, 3.05) is 26.2 Å². The number of benzene rings is 3. The lowest BCUT2D eigenvalue weighted by Crippen LogP contribution is -2.47. The molecule has 31 heavy (non-hydrogen) atoms. The van der Waals surface area contributed by atoms with Crippen molar-refractivity contribution in [3.8, 4) is 11.3 Å². The summed E-state index contributed by atoms with van der Waals surface area (Å²) in [5, 5.41) is 10.7. The Morgan fingerprint density at radius 1 is 0.871 bits per heavy atom. The van der Waals surface area contributed by atoms with Gasteiger partial charge in [0.05, 0.1) is 12.2 Å². The highest BCUT2D eigenvalue weighted by Crippen LogP contribution is 2.29. The van der Waals surface area contributed by atoms with Crippen LogP contribution in [-0.4, -0.2) is 40.9 Å². The summed E-state index contributed by atoms with van der Waals surface area (Å²) >= 11 is 0. The largest absolute Gasteiger partial charge is 0.314 e. The molecule has 4 aromatic rings. The van der Waals surface area contributed by atoms with E-state index in [2.05, 4.69) is 57.8 Å². The summed E-state index contributed by atoms with van der Waals surface area (Å²) in [7, 11) is 0. The predicted octanol–water partition coefficient (Wildman–Crippen LogP) is 3.71. The third kappa shape index (κ3) is 4.15. The van der Waals surface area contributed by atoms with Crippen LogP contribution in [0.2, 0.25) is 0 Å². The van der Waals surface area contributed by atoms with Gasteiger partial charge in [0.1, 0.15) is 0 Å². The average Bonchev–Trinajstić information content (AvgIpc) is 2.84. The third-order valence-corrected chi connectivity index (χ3v) is 6.07. The predicted molar refractivity (Wildman–Crippen MR) is 125 cm³/mol. The van der Waals surface area contributed by atoms with Crippen LogP contribution >= 0.6 is 0 Å². The zero-order valence-electron chi connectivity index (χ0n) is 17.4. The van der Waals surface area contributed by atoms with Gasteiger partial charge >= 0.3 is 0 Å². The Labute approximate surface area is 182 Å². The molecule has 3 aromatic carbocycles. The number of piperazine rings is 1. The fourth-order valence-electron chi connectivity index (χ4n) is 4.46. The first-order valence-corrected chi connectivity index (χ1v) is 10.9. The molecule has 5 heteroatoms. The Balaban J connectivity index is 1.40. The smallest absolute Gasteiger partial charge is 0.266 e. The van der Waals surface area contributed by atoms with Crippen molar-refractivity contribution in [3.63, 3.8) is 0 Å². The standard InChI is InChI=1S/C26H26N4O/c31-26-14-13-24(21-8-2-1-3-9-21)28-30(26)18-17-29-16-15-27-19-25(29)23-12-6-10-20-7-4-5-11-22(20)23/h1-14,25,27H,15-19H2. The molecule has 2 heterocycles. The minimum atomic E-state index is -0.0588. The van der Waals surface area contributed by atoms with Gasteiger partial charge in [-0.1, -0.05) is 72.8 Å². The molecule has 1 aliphatic heterocycles. The average molecular weight is 411 g/mol. The molecular formula is C26H26N4O. The SMILES string of the molecule is O=c1ccc(-c2ccccc2)nn1CCN1CCNCC1c1cccc2ccccc12. The van der Waals surface area contributed by atoms with Crippen molar-refractivity contribution in [2.45, 2.75) is 12.6 Å². The van der Waals surface area contributed by atoms with Crippen molar-refractivity contribution < 1.29 is 0 Å². The Morgan fingerprint density at radius 3 is 2.58 bits per heavy atom. The maximum absolute atomic E-state index is 12.5. The molecule has 5 nitrogen and oxygen atoms in total. The second-order valence-corrected chi connectivity index (χ2v) is 7.97. The van der Waals surface area contributed by atoms with Gasteiger partial charge in [-0.15, -0.1) is 0 Å². The van der Waals surface area contributed by atoms with Crippen molar-refractivity contribution in [1.29, 1.82) is 0 Å². The molecule has 1 aromatic heterocycles. The van der Waals surface area contributed by atoms with Crippen molar-refractivity contribution in [3.05, 3.63) is 101 Å². The fourth-order valence-corrected chi connectivity index (χ4v) is 4.46. The highest BCUT2D eigenvalue weighted by molar-refractivity contribution is 5.86. The van der Waals surface area contributed by atoms with Crippen LogP contribution in [0.3, 0.4) is 0 Å². The molecule has 1 saturated heterocycles. The van der Waals surface area contributed by atoms with E-state index in [1.54, 1.807) is 16.8 Å². The van der Waals surface area contributed by atoms with E-state index in [4.69, 9.17) is 0 Å². The Hall–Kier alpha value is -3.28. The van der Waals surface area contributed by atoms with Crippen molar-refractivity contribution in [1.82, 2.24) is 20.0 Å². The molecule has 0 bridgehead atoms. The monoisotopic (exact) mass is 410 g/mol. The number of nitrogens with zero attached hydrogens (tertiary/aromatic N) is 3. The van der Waals surface area contributed by atoms with E-state index in [0.29, 0.717) is 6.54 Å². The second kappa shape index (κ2) is 8.84. The van der Waals surface area contributed by atoms with Crippen LogP contribution in [0, 0.1) is 0 Å². The summed E-state index contributed by atoms with van der Waals surface area (Å²) in [6, 6.07) is 28.8. The Bertz CT molecular complexity index is 1230. The number of rotatable bonds is 5. The van der Waals surface area contributed by atoms with Crippen LogP contribution in [0.25, 0.3) is 22.0 Å². The lowest BCUT2D eigenvalue weighted by Gasteiger charge is -2.37. The summed E-state index contributed by atoms with van der Waals surface area (Å²) in [6.07, 6.45) is 0. The van der Waals surface area contributed by atoms with Gasteiger partial charge in [0.2, 0.25) is 0 Å². The number of aromatic nitrogens is 2. The van der Waals surface area contributed by atoms with E-state index < -0.39 is 0 Å². The van der Waals surface area contributed by atoms with Gasteiger partial charge in [0.15, 0.2) is 0 Å². The summed E-state index contributed by atoms with van der Waals surface area (Å²) in [5.41, 5.74) is 3.12. The third-order valence-electron chi connectivity index (χ3n) is 6.07. The van der Waals surface area contributed by atoms with Crippen LogP contribution in [0.4, 0.5) is 0 Å². The lowest BCUT2D eigenvalue weighted by molar-refractivity contribution is 0.154.